The van der Waals surface area contributed by atoms with Gasteiger partial charge in [0.05, 0.1) is 0 Å². The van der Waals surface area contributed by atoms with E-state index >= 15 is 0 Å². The van der Waals surface area contributed by atoms with Crippen molar-refractivity contribution < 1.29 is 0 Å². The van der Waals surface area contributed by atoms with Gasteiger partial charge < -0.3 is 11.1 Å². The van der Waals surface area contributed by atoms with Gasteiger partial charge in [-0.15, -0.1) is 0 Å². The summed E-state index contributed by atoms with van der Waals surface area (Å²) in [5.74, 6) is 3.48. The molecule has 0 heterocycles. The third-order valence-corrected chi connectivity index (χ3v) is 13.1. The Hall–Kier alpha value is -0.0800. The number of rotatable bonds is 17. The normalized spacial score (nSPS) is 38.5. The Morgan fingerprint density at radius 3 is 1.95 bits per heavy atom. The van der Waals surface area contributed by atoms with Crippen molar-refractivity contribution in [3.63, 3.8) is 0 Å². The number of unbranched alkanes of at least 4 members (excludes halogenated alkanes) is 11. The van der Waals surface area contributed by atoms with E-state index in [4.69, 9.17) is 5.73 Å². The summed E-state index contributed by atoms with van der Waals surface area (Å²) in [6, 6.07) is 0. The summed E-state index contributed by atoms with van der Waals surface area (Å²) in [7, 11) is 0. The molecule has 0 aliphatic heterocycles. The Morgan fingerprint density at radius 2 is 1.24 bits per heavy atom. The van der Waals surface area contributed by atoms with Crippen LogP contribution in [-0.4, -0.2) is 18.6 Å². The molecule has 4 rings (SSSR count). The van der Waals surface area contributed by atoms with Gasteiger partial charge in [-0.05, 0) is 118 Å². The summed E-state index contributed by atoms with van der Waals surface area (Å²) in [4.78, 5) is 0. The lowest BCUT2D eigenvalue weighted by Crippen LogP contribution is -2.67. The van der Waals surface area contributed by atoms with Gasteiger partial charge in [0.2, 0.25) is 0 Å². The number of hydrogen-bond donors (Lipinski definition) is 2. The molecule has 222 valence electrons. The van der Waals surface area contributed by atoms with Crippen molar-refractivity contribution in [2.24, 2.45) is 40.2 Å². The summed E-state index contributed by atoms with van der Waals surface area (Å²) in [6.45, 7) is 10.1. The number of nitrogens with two attached hydrogens (primary N) is 1. The van der Waals surface area contributed by atoms with Crippen LogP contribution in [0.4, 0.5) is 0 Å². The van der Waals surface area contributed by atoms with Gasteiger partial charge in [-0.1, -0.05) is 104 Å². The Balaban J connectivity index is 1.07. The summed E-state index contributed by atoms with van der Waals surface area (Å²) in [5, 5.41) is 3.76. The fraction of sp³-hybridized carbons (Fsp3) is 1.00. The van der Waals surface area contributed by atoms with E-state index in [-0.39, 0.29) is 5.54 Å². The molecule has 4 saturated carbocycles. The fourth-order valence-electron chi connectivity index (χ4n) is 10.8. The van der Waals surface area contributed by atoms with Crippen molar-refractivity contribution >= 4 is 0 Å². The predicted molar refractivity (Wildman–Crippen MR) is 166 cm³/mol. The first-order chi connectivity index (χ1) is 18.4. The van der Waals surface area contributed by atoms with Crippen LogP contribution in [0.15, 0.2) is 0 Å². The van der Waals surface area contributed by atoms with E-state index < -0.39 is 0 Å². The van der Waals surface area contributed by atoms with E-state index in [1.165, 1.54) is 167 Å². The molecular formula is C36H68N2. The second kappa shape index (κ2) is 14.7. The molecule has 2 heteroatoms. The van der Waals surface area contributed by atoms with E-state index in [0.717, 1.165) is 23.7 Å². The maximum atomic E-state index is 7.57. The molecule has 0 aromatic heterocycles. The van der Waals surface area contributed by atoms with Gasteiger partial charge in [-0.25, -0.2) is 0 Å². The minimum absolute atomic E-state index is 0.139. The number of fused-ring (bicyclic) bond motifs is 5. The lowest BCUT2D eigenvalue weighted by molar-refractivity contribution is -0.126. The highest BCUT2D eigenvalue weighted by Gasteiger charge is 2.64. The molecule has 0 bridgehead atoms. The first-order valence-electron chi connectivity index (χ1n) is 17.9. The minimum atomic E-state index is 0.139. The average Bonchev–Trinajstić information content (AvgIpc) is 3.25. The van der Waals surface area contributed by atoms with Crippen LogP contribution in [0, 0.1) is 34.5 Å². The molecule has 2 nitrogen and oxygen atoms in total. The molecule has 4 aliphatic rings. The molecule has 0 spiro atoms. The molecule has 4 fully saturated rings. The molecule has 7 unspecified atom stereocenters. The third-order valence-electron chi connectivity index (χ3n) is 13.1. The SMILES string of the molecule is CCCCCCCCCCCCCNCCCCC1CCC2C1(C)CCC1C3(C)CCCCC3CCC12N. The molecule has 3 N–H and O–H groups in total. The molecule has 38 heavy (non-hydrogen) atoms. The van der Waals surface area contributed by atoms with Crippen molar-refractivity contribution in [3.05, 3.63) is 0 Å². The predicted octanol–water partition coefficient (Wildman–Crippen LogP) is 10.2. The molecule has 0 amide bonds. The van der Waals surface area contributed by atoms with Gasteiger partial charge in [0.15, 0.2) is 0 Å². The van der Waals surface area contributed by atoms with Crippen LogP contribution in [0.1, 0.15) is 175 Å². The van der Waals surface area contributed by atoms with Gasteiger partial charge >= 0.3 is 0 Å². The highest BCUT2D eigenvalue weighted by Crippen LogP contribution is 2.68. The van der Waals surface area contributed by atoms with Gasteiger partial charge in [0.25, 0.3) is 0 Å². The van der Waals surface area contributed by atoms with Crippen LogP contribution in [0.2, 0.25) is 0 Å². The molecule has 0 radical (unpaired) electrons. The second-order valence-corrected chi connectivity index (χ2v) is 15.3. The van der Waals surface area contributed by atoms with Crippen LogP contribution in [-0.2, 0) is 0 Å². The maximum absolute atomic E-state index is 7.57. The van der Waals surface area contributed by atoms with E-state index in [1.807, 2.05) is 0 Å². The van der Waals surface area contributed by atoms with Crippen LogP contribution < -0.4 is 11.1 Å². The maximum Gasteiger partial charge on any atom is 0.0222 e. The minimum Gasteiger partial charge on any atom is -0.325 e. The molecule has 7 atom stereocenters. The molecule has 4 aliphatic carbocycles. The van der Waals surface area contributed by atoms with E-state index in [2.05, 4.69) is 26.1 Å². The van der Waals surface area contributed by atoms with E-state index in [9.17, 15) is 0 Å². The van der Waals surface area contributed by atoms with Gasteiger partial charge in [0, 0.05) is 5.54 Å². The fourth-order valence-corrected chi connectivity index (χ4v) is 10.8. The van der Waals surface area contributed by atoms with Crippen LogP contribution >= 0.6 is 0 Å². The Morgan fingerprint density at radius 1 is 0.605 bits per heavy atom. The van der Waals surface area contributed by atoms with Crippen molar-refractivity contribution in [1.29, 1.82) is 0 Å². The van der Waals surface area contributed by atoms with Crippen molar-refractivity contribution in [2.45, 2.75) is 180 Å². The zero-order valence-electron chi connectivity index (χ0n) is 26.3. The number of nitrogens with one attached hydrogen (secondary N) is 1. The summed E-state index contributed by atoms with van der Waals surface area (Å²) in [6.07, 6.45) is 34.4. The topological polar surface area (TPSA) is 38.0 Å². The smallest absolute Gasteiger partial charge is 0.0222 e. The average molecular weight is 529 g/mol. The monoisotopic (exact) mass is 529 g/mol. The lowest BCUT2D eigenvalue weighted by atomic mass is 9.42. The standard InChI is InChI=1S/C36H68N2/c1-4-5-6-7-8-9-10-11-12-13-17-28-38-29-18-15-20-30-21-22-32-35(30,3)26-24-33-34(2)25-16-14-19-31(34)23-27-36(32,33)37/h30-33,38H,4-29,37H2,1-3H3. The first-order valence-corrected chi connectivity index (χ1v) is 17.9. The molecule has 0 saturated heterocycles. The highest BCUT2D eigenvalue weighted by molar-refractivity contribution is 5.17. The lowest BCUT2D eigenvalue weighted by Gasteiger charge is -2.65. The van der Waals surface area contributed by atoms with Crippen LogP contribution in [0.25, 0.3) is 0 Å². The van der Waals surface area contributed by atoms with Gasteiger partial charge in [-0.3, -0.25) is 0 Å². The largest absolute Gasteiger partial charge is 0.325 e. The summed E-state index contributed by atoms with van der Waals surface area (Å²) < 4.78 is 0. The van der Waals surface area contributed by atoms with E-state index in [1.54, 1.807) is 0 Å². The Labute approximate surface area is 238 Å². The first kappa shape index (κ1) is 30.9. The zero-order valence-corrected chi connectivity index (χ0v) is 26.3. The molecule has 0 aromatic carbocycles. The zero-order chi connectivity index (χ0) is 26.9. The summed E-state index contributed by atoms with van der Waals surface area (Å²) >= 11 is 0. The second-order valence-electron chi connectivity index (χ2n) is 15.3. The van der Waals surface area contributed by atoms with Crippen LogP contribution in [0.5, 0.6) is 0 Å². The van der Waals surface area contributed by atoms with E-state index in [0.29, 0.717) is 10.8 Å². The quantitative estimate of drug-likeness (QED) is 0.184. The highest BCUT2D eigenvalue weighted by atomic mass is 14.9. The summed E-state index contributed by atoms with van der Waals surface area (Å²) in [5.41, 5.74) is 8.77. The van der Waals surface area contributed by atoms with Gasteiger partial charge in [-0.2, -0.15) is 0 Å². The number of hydrogen-bond acceptors (Lipinski definition) is 2. The van der Waals surface area contributed by atoms with Gasteiger partial charge in [0.1, 0.15) is 0 Å². The Kier molecular flexibility index (Phi) is 11.9. The van der Waals surface area contributed by atoms with Crippen LogP contribution in [0.3, 0.4) is 0 Å². The third kappa shape index (κ3) is 7.03. The molecular weight excluding hydrogens is 460 g/mol. The molecule has 0 aromatic rings. The van der Waals surface area contributed by atoms with Crippen molar-refractivity contribution in [1.82, 2.24) is 5.32 Å². The Bertz CT molecular complexity index is 676. The van der Waals surface area contributed by atoms with Crippen molar-refractivity contribution in [3.8, 4) is 0 Å². The van der Waals surface area contributed by atoms with Crippen molar-refractivity contribution in [2.75, 3.05) is 13.1 Å².